The fourth-order valence-corrected chi connectivity index (χ4v) is 8.70. The maximum atomic E-state index is 6.43. The molecule has 57 heavy (non-hydrogen) atoms. The van der Waals surface area contributed by atoms with Crippen LogP contribution in [0.1, 0.15) is 0 Å². The predicted molar refractivity (Wildman–Crippen MR) is 234 cm³/mol. The van der Waals surface area contributed by atoms with Crippen molar-refractivity contribution >= 4 is 65.6 Å². The molecule has 0 fully saturated rings. The normalized spacial score (nSPS) is 11.9. The molecule has 0 aliphatic carbocycles. The van der Waals surface area contributed by atoms with E-state index >= 15 is 0 Å². The van der Waals surface area contributed by atoms with Gasteiger partial charge >= 0.3 is 0 Å². The van der Waals surface area contributed by atoms with E-state index in [-0.39, 0.29) is 0 Å². The third kappa shape index (κ3) is 4.96. The van der Waals surface area contributed by atoms with Crippen LogP contribution in [-0.2, 0) is 0 Å². The van der Waals surface area contributed by atoms with Gasteiger partial charge < -0.3 is 13.6 Å². The second-order valence-electron chi connectivity index (χ2n) is 14.6. The van der Waals surface area contributed by atoms with Gasteiger partial charge in [-0.1, -0.05) is 127 Å². The van der Waals surface area contributed by atoms with Crippen LogP contribution in [0, 0.1) is 0 Å². The van der Waals surface area contributed by atoms with E-state index in [1.807, 2.05) is 24.3 Å². The summed E-state index contributed by atoms with van der Waals surface area (Å²) in [6, 6.07) is 68.4. The third-order valence-electron chi connectivity index (χ3n) is 11.3. The highest BCUT2D eigenvalue weighted by molar-refractivity contribution is 6.22. The average molecular weight is 729 g/mol. The number of para-hydroxylation sites is 3. The van der Waals surface area contributed by atoms with Gasteiger partial charge in [0.05, 0.1) is 33.5 Å². The molecule has 8 aromatic carbocycles. The SMILES string of the molecule is c1ccc(-c2cc(-c3ccccc3)nc(-c3cccc(-n4c5ccccc5c5cc6c(cc54)c4cc5c(cc4n6-c4ccccc4)oc4ccccc45)c3)n2)cc1. The van der Waals surface area contributed by atoms with E-state index in [9.17, 15) is 0 Å². The summed E-state index contributed by atoms with van der Waals surface area (Å²) >= 11 is 0. The Bertz CT molecular complexity index is 3450. The number of benzene rings is 8. The Labute approximate surface area is 327 Å². The number of hydrogen-bond donors (Lipinski definition) is 0. The fourth-order valence-electron chi connectivity index (χ4n) is 8.70. The molecule has 5 heteroatoms. The molecular formula is C52H32N4O. The van der Waals surface area contributed by atoms with Crippen molar-refractivity contribution in [3.63, 3.8) is 0 Å². The first-order valence-electron chi connectivity index (χ1n) is 19.2. The van der Waals surface area contributed by atoms with Gasteiger partial charge in [0.1, 0.15) is 11.2 Å². The van der Waals surface area contributed by atoms with Crippen LogP contribution < -0.4 is 0 Å². The zero-order chi connectivity index (χ0) is 37.5. The summed E-state index contributed by atoms with van der Waals surface area (Å²) in [5.41, 5.74) is 13.3. The van der Waals surface area contributed by atoms with Crippen molar-refractivity contribution in [3.05, 3.63) is 194 Å². The molecule has 0 aliphatic heterocycles. The van der Waals surface area contributed by atoms with E-state index in [0.29, 0.717) is 5.82 Å². The number of aromatic nitrogens is 4. The van der Waals surface area contributed by atoms with Gasteiger partial charge in [0.2, 0.25) is 0 Å². The minimum absolute atomic E-state index is 0.683. The lowest BCUT2D eigenvalue weighted by atomic mass is 10.1. The molecule has 0 spiro atoms. The Kier molecular flexibility index (Phi) is 6.86. The molecule has 12 rings (SSSR count). The summed E-state index contributed by atoms with van der Waals surface area (Å²) in [7, 11) is 0. The molecule has 266 valence electrons. The lowest BCUT2D eigenvalue weighted by Crippen LogP contribution is -1.98. The number of furan rings is 1. The van der Waals surface area contributed by atoms with Crippen molar-refractivity contribution in [2.75, 3.05) is 0 Å². The molecule has 4 aromatic heterocycles. The zero-order valence-electron chi connectivity index (χ0n) is 30.7. The Hall–Kier alpha value is -7.76. The first-order chi connectivity index (χ1) is 28.2. The number of rotatable bonds is 5. The average Bonchev–Trinajstić information content (AvgIpc) is 3.92. The van der Waals surface area contributed by atoms with Crippen LogP contribution in [0.25, 0.3) is 111 Å². The van der Waals surface area contributed by atoms with Crippen LogP contribution in [0.2, 0.25) is 0 Å². The number of fused-ring (bicyclic) bond motifs is 9. The van der Waals surface area contributed by atoms with E-state index in [0.717, 1.165) is 83.5 Å². The monoisotopic (exact) mass is 728 g/mol. The molecule has 12 aromatic rings. The molecule has 0 aliphatic rings. The predicted octanol–water partition coefficient (Wildman–Crippen LogP) is 13.6. The molecule has 0 bridgehead atoms. The molecule has 4 heterocycles. The standard InChI is InChI=1S/C52H32N4O/c1-4-15-33(16-5-1)44-31-45(34-17-6-2-7-18-34)54-52(53-44)35-19-14-22-37(27-35)56-46-25-12-10-23-38(46)41-29-48-42(30-47(41)56)40-28-43-39-24-11-13-26-50(39)57-51(43)32-49(40)55(48)36-20-8-3-9-21-36/h1-32H. The summed E-state index contributed by atoms with van der Waals surface area (Å²) in [5, 5.41) is 6.98. The Morgan fingerprint density at radius 1 is 0.316 bits per heavy atom. The molecule has 0 saturated carbocycles. The van der Waals surface area contributed by atoms with E-state index in [1.54, 1.807) is 0 Å². The van der Waals surface area contributed by atoms with E-state index in [4.69, 9.17) is 14.4 Å². The Morgan fingerprint density at radius 3 is 1.56 bits per heavy atom. The lowest BCUT2D eigenvalue weighted by molar-refractivity contribution is 0.669. The highest BCUT2D eigenvalue weighted by Gasteiger charge is 2.21. The van der Waals surface area contributed by atoms with Gasteiger partial charge in [0.25, 0.3) is 0 Å². The second kappa shape index (κ2) is 12.4. The quantitative estimate of drug-likeness (QED) is 0.177. The first-order valence-corrected chi connectivity index (χ1v) is 19.2. The first kappa shape index (κ1) is 31.6. The van der Waals surface area contributed by atoms with Crippen molar-refractivity contribution in [2.24, 2.45) is 0 Å². The largest absolute Gasteiger partial charge is 0.456 e. The molecule has 0 amide bonds. The van der Waals surface area contributed by atoms with Crippen LogP contribution in [0.4, 0.5) is 0 Å². The minimum Gasteiger partial charge on any atom is -0.456 e. The maximum Gasteiger partial charge on any atom is 0.160 e. The smallest absolute Gasteiger partial charge is 0.160 e. The highest BCUT2D eigenvalue weighted by Crippen LogP contribution is 2.42. The van der Waals surface area contributed by atoms with Crippen LogP contribution in [0.15, 0.2) is 199 Å². The third-order valence-corrected chi connectivity index (χ3v) is 11.3. The van der Waals surface area contributed by atoms with E-state index in [2.05, 4.69) is 179 Å². The number of nitrogens with zero attached hydrogens (tertiary/aromatic N) is 4. The maximum absolute atomic E-state index is 6.43. The zero-order valence-corrected chi connectivity index (χ0v) is 30.7. The molecule has 0 saturated heterocycles. The van der Waals surface area contributed by atoms with Crippen molar-refractivity contribution < 1.29 is 4.42 Å². The van der Waals surface area contributed by atoms with Crippen molar-refractivity contribution in [1.29, 1.82) is 0 Å². The van der Waals surface area contributed by atoms with Crippen LogP contribution in [0.5, 0.6) is 0 Å². The Balaban J connectivity index is 1.12. The van der Waals surface area contributed by atoms with Gasteiger partial charge in [0, 0.05) is 66.4 Å². The fraction of sp³-hybridized carbons (Fsp3) is 0. The summed E-state index contributed by atoms with van der Waals surface area (Å²) < 4.78 is 11.2. The molecule has 0 N–H and O–H groups in total. The lowest BCUT2D eigenvalue weighted by Gasteiger charge is -2.12. The molecular weight excluding hydrogens is 697 g/mol. The van der Waals surface area contributed by atoms with Gasteiger partial charge in [-0.25, -0.2) is 9.97 Å². The van der Waals surface area contributed by atoms with E-state index < -0.39 is 0 Å². The second-order valence-corrected chi connectivity index (χ2v) is 14.6. The van der Waals surface area contributed by atoms with Gasteiger partial charge in [-0.05, 0) is 60.7 Å². The topological polar surface area (TPSA) is 48.8 Å². The van der Waals surface area contributed by atoms with Crippen molar-refractivity contribution in [2.45, 2.75) is 0 Å². The van der Waals surface area contributed by atoms with Crippen LogP contribution >= 0.6 is 0 Å². The van der Waals surface area contributed by atoms with Crippen molar-refractivity contribution in [1.82, 2.24) is 19.1 Å². The summed E-state index contributed by atoms with van der Waals surface area (Å²) in [4.78, 5) is 10.3. The molecule has 0 radical (unpaired) electrons. The molecule has 0 atom stereocenters. The van der Waals surface area contributed by atoms with Crippen LogP contribution in [-0.4, -0.2) is 19.1 Å². The van der Waals surface area contributed by atoms with Gasteiger partial charge in [-0.15, -0.1) is 0 Å². The summed E-state index contributed by atoms with van der Waals surface area (Å²) in [5.74, 6) is 0.683. The summed E-state index contributed by atoms with van der Waals surface area (Å²) in [6.07, 6.45) is 0. The summed E-state index contributed by atoms with van der Waals surface area (Å²) in [6.45, 7) is 0. The minimum atomic E-state index is 0.683. The van der Waals surface area contributed by atoms with Crippen molar-refractivity contribution in [3.8, 4) is 45.3 Å². The van der Waals surface area contributed by atoms with Gasteiger partial charge in [0.15, 0.2) is 5.82 Å². The van der Waals surface area contributed by atoms with Crippen LogP contribution in [0.3, 0.4) is 0 Å². The highest BCUT2D eigenvalue weighted by atomic mass is 16.3. The molecule has 0 unspecified atom stereocenters. The molecule has 5 nitrogen and oxygen atoms in total. The van der Waals surface area contributed by atoms with Gasteiger partial charge in [-0.3, -0.25) is 0 Å². The van der Waals surface area contributed by atoms with E-state index in [1.165, 1.54) is 21.5 Å². The van der Waals surface area contributed by atoms with Gasteiger partial charge in [-0.2, -0.15) is 0 Å². The Morgan fingerprint density at radius 2 is 0.842 bits per heavy atom. The number of hydrogen-bond acceptors (Lipinski definition) is 3.